The molecule has 0 fully saturated rings. The number of alkyl halides is 1. The van der Waals surface area contributed by atoms with Gasteiger partial charge in [0.25, 0.3) is 5.91 Å². The summed E-state index contributed by atoms with van der Waals surface area (Å²) in [7, 11) is 1.40. The molecule has 0 saturated heterocycles. The van der Waals surface area contributed by atoms with Crippen LogP contribution >= 0.6 is 11.6 Å². The van der Waals surface area contributed by atoms with E-state index in [2.05, 4.69) is 10.3 Å². The molecular formula is C9H11ClN2O3. The third kappa shape index (κ3) is 2.73. The van der Waals surface area contributed by atoms with Crippen molar-refractivity contribution in [3.8, 4) is 11.5 Å². The van der Waals surface area contributed by atoms with Gasteiger partial charge in [-0.05, 0) is 0 Å². The first kappa shape index (κ1) is 11.6. The zero-order valence-corrected chi connectivity index (χ0v) is 8.91. The van der Waals surface area contributed by atoms with Crippen molar-refractivity contribution in [2.45, 2.75) is 0 Å². The quantitative estimate of drug-likeness (QED) is 0.750. The number of aromatic hydroxyl groups is 1. The zero-order chi connectivity index (χ0) is 11.3. The van der Waals surface area contributed by atoms with Crippen molar-refractivity contribution in [2.24, 2.45) is 0 Å². The molecule has 1 aromatic heterocycles. The average Bonchev–Trinajstić information content (AvgIpc) is 2.26. The van der Waals surface area contributed by atoms with Gasteiger partial charge in [0.1, 0.15) is 0 Å². The molecule has 15 heavy (non-hydrogen) atoms. The number of hydrogen-bond acceptors (Lipinski definition) is 4. The monoisotopic (exact) mass is 230 g/mol. The van der Waals surface area contributed by atoms with Crippen LogP contribution in [0.3, 0.4) is 0 Å². The molecule has 0 unspecified atom stereocenters. The molecular weight excluding hydrogens is 220 g/mol. The average molecular weight is 231 g/mol. The number of pyridine rings is 1. The fourth-order valence-corrected chi connectivity index (χ4v) is 1.11. The molecule has 0 aromatic carbocycles. The van der Waals surface area contributed by atoms with Crippen molar-refractivity contribution in [3.63, 3.8) is 0 Å². The normalized spacial score (nSPS) is 9.73. The number of nitrogens with zero attached hydrogens (tertiary/aromatic N) is 1. The summed E-state index contributed by atoms with van der Waals surface area (Å²) >= 11 is 5.41. The molecule has 0 aliphatic carbocycles. The Bertz CT molecular complexity index is 357. The lowest BCUT2D eigenvalue weighted by Gasteiger charge is -2.07. The first-order valence-electron chi connectivity index (χ1n) is 4.26. The van der Waals surface area contributed by atoms with Gasteiger partial charge in [-0.3, -0.25) is 4.79 Å². The molecule has 0 saturated carbocycles. The fourth-order valence-electron chi connectivity index (χ4n) is 1.01. The van der Waals surface area contributed by atoms with Gasteiger partial charge in [0, 0.05) is 24.7 Å². The number of rotatable bonds is 4. The lowest BCUT2D eigenvalue weighted by molar-refractivity contribution is 0.0947. The van der Waals surface area contributed by atoms with E-state index >= 15 is 0 Å². The van der Waals surface area contributed by atoms with Crippen LogP contribution < -0.4 is 10.1 Å². The Hall–Kier alpha value is -1.49. The molecule has 0 radical (unpaired) electrons. The molecule has 2 N–H and O–H groups in total. The number of carbonyl (C=O) groups is 1. The molecule has 82 valence electrons. The first-order valence-corrected chi connectivity index (χ1v) is 4.80. The van der Waals surface area contributed by atoms with Gasteiger partial charge < -0.3 is 15.2 Å². The van der Waals surface area contributed by atoms with Crippen molar-refractivity contribution in [1.29, 1.82) is 0 Å². The van der Waals surface area contributed by atoms with Crippen molar-refractivity contribution >= 4 is 17.5 Å². The van der Waals surface area contributed by atoms with Gasteiger partial charge in [0.05, 0.1) is 7.11 Å². The summed E-state index contributed by atoms with van der Waals surface area (Å²) in [6.45, 7) is 0.318. The van der Waals surface area contributed by atoms with E-state index in [0.717, 1.165) is 0 Å². The van der Waals surface area contributed by atoms with Gasteiger partial charge in [-0.15, -0.1) is 11.6 Å². The molecule has 1 heterocycles. The van der Waals surface area contributed by atoms with Crippen molar-refractivity contribution in [3.05, 3.63) is 18.0 Å². The maximum absolute atomic E-state index is 11.4. The summed E-state index contributed by atoms with van der Waals surface area (Å²) in [4.78, 5) is 15.2. The largest absolute Gasteiger partial charge is 0.503 e. The molecule has 0 aliphatic rings. The van der Waals surface area contributed by atoms with E-state index in [-0.39, 0.29) is 17.2 Å². The third-order valence-electron chi connectivity index (χ3n) is 1.70. The number of ether oxygens (including phenoxy) is 1. The molecule has 1 aromatic rings. The Kier molecular flexibility index (Phi) is 4.17. The smallest absolute Gasteiger partial charge is 0.273 e. The van der Waals surface area contributed by atoms with E-state index in [4.69, 9.17) is 16.3 Å². The van der Waals surface area contributed by atoms with Crippen LogP contribution in [0.4, 0.5) is 0 Å². The summed E-state index contributed by atoms with van der Waals surface area (Å²) < 4.78 is 4.84. The van der Waals surface area contributed by atoms with Crippen molar-refractivity contribution < 1.29 is 14.6 Å². The highest BCUT2D eigenvalue weighted by atomic mass is 35.5. The van der Waals surface area contributed by atoms with Gasteiger partial charge in [0.15, 0.2) is 17.2 Å². The molecule has 5 nitrogen and oxygen atoms in total. The van der Waals surface area contributed by atoms with Crippen LogP contribution in [0.5, 0.6) is 11.5 Å². The number of methoxy groups -OCH3 is 1. The van der Waals surface area contributed by atoms with Crippen molar-refractivity contribution in [2.75, 3.05) is 19.5 Å². The van der Waals surface area contributed by atoms with Crippen LogP contribution in [0.15, 0.2) is 12.3 Å². The lowest BCUT2D eigenvalue weighted by Crippen LogP contribution is -2.26. The Labute approximate surface area is 92.0 Å². The number of halogens is 1. The molecule has 6 heteroatoms. The molecule has 1 rings (SSSR count). The van der Waals surface area contributed by atoms with E-state index < -0.39 is 5.91 Å². The van der Waals surface area contributed by atoms with Crippen LogP contribution in [0.2, 0.25) is 0 Å². The summed E-state index contributed by atoms with van der Waals surface area (Å²) in [6.07, 6.45) is 1.38. The predicted molar refractivity (Wildman–Crippen MR) is 55.5 cm³/mol. The van der Waals surface area contributed by atoms with Crippen molar-refractivity contribution in [1.82, 2.24) is 10.3 Å². The second-order valence-electron chi connectivity index (χ2n) is 2.66. The maximum Gasteiger partial charge on any atom is 0.273 e. The van der Waals surface area contributed by atoms with E-state index in [0.29, 0.717) is 12.4 Å². The highest BCUT2D eigenvalue weighted by Gasteiger charge is 2.15. The minimum atomic E-state index is -0.480. The van der Waals surface area contributed by atoms with Crippen LogP contribution in [0, 0.1) is 0 Å². The number of nitrogens with one attached hydrogen (secondary N) is 1. The number of amides is 1. The highest BCUT2D eigenvalue weighted by molar-refractivity contribution is 6.18. The third-order valence-corrected chi connectivity index (χ3v) is 1.89. The van der Waals surface area contributed by atoms with Crippen LogP contribution in [-0.4, -0.2) is 35.5 Å². The van der Waals surface area contributed by atoms with Crippen LogP contribution in [0.25, 0.3) is 0 Å². The lowest BCUT2D eigenvalue weighted by atomic mass is 10.3. The minimum absolute atomic E-state index is 0.0699. The highest BCUT2D eigenvalue weighted by Crippen LogP contribution is 2.27. The fraction of sp³-hybridized carbons (Fsp3) is 0.333. The summed E-state index contributed by atoms with van der Waals surface area (Å²) in [5, 5.41) is 12.1. The maximum atomic E-state index is 11.4. The Balaban J connectivity index is 2.89. The molecule has 0 atom stereocenters. The Morgan fingerprint density at radius 2 is 2.47 bits per heavy atom. The van der Waals surface area contributed by atoms with Gasteiger partial charge in [-0.2, -0.15) is 0 Å². The van der Waals surface area contributed by atoms with Gasteiger partial charge in [-0.1, -0.05) is 0 Å². The topological polar surface area (TPSA) is 71.5 Å². The minimum Gasteiger partial charge on any atom is -0.503 e. The second kappa shape index (κ2) is 5.41. The number of hydrogen-bond donors (Lipinski definition) is 2. The predicted octanol–water partition coefficient (Wildman–Crippen LogP) is 0.764. The SMILES string of the molecule is COc1ccnc(C(=O)NCCCl)c1O. The van der Waals surface area contributed by atoms with E-state index in [1.54, 1.807) is 0 Å². The number of aromatic nitrogens is 1. The van der Waals surface area contributed by atoms with Gasteiger partial charge in [0.2, 0.25) is 0 Å². The van der Waals surface area contributed by atoms with Crippen LogP contribution in [0.1, 0.15) is 10.5 Å². The van der Waals surface area contributed by atoms with Crippen LogP contribution in [-0.2, 0) is 0 Å². The molecule has 0 spiro atoms. The van der Waals surface area contributed by atoms with Gasteiger partial charge >= 0.3 is 0 Å². The summed E-state index contributed by atoms with van der Waals surface area (Å²) in [5.41, 5.74) is -0.0699. The molecule has 0 aliphatic heterocycles. The zero-order valence-electron chi connectivity index (χ0n) is 8.16. The second-order valence-corrected chi connectivity index (χ2v) is 3.03. The first-order chi connectivity index (χ1) is 7.20. The van der Waals surface area contributed by atoms with E-state index in [1.165, 1.54) is 19.4 Å². The standard InChI is InChI=1S/C9H11ClN2O3/c1-15-6-2-4-11-7(8(6)13)9(14)12-5-3-10/h2,4,13H,3,5H2,1H3,(H,12,14). The Morgan fingerprint density at radius 3 is 3.07 bits per heavy atom. The summed E-state index contributed by atoms with van der Waals surface area (Å²) in [6, 6.07) is 1.47. The van der Waals surface area contributed by atoms with Gasteiger partial charge in [-0.25, -0.2) is 4.98 Å². The molecule has 0 bridgehead atoms. The van der Waals surface area contributed by atoms with E-state index in [9.17, 15) is 9.90 Å². The van der Waals surface area contributed by atoms with E-state index in [1.807, 2.05) is 0 Å². The number of carbonyl (C=O) groups excluding carboxylic acids is 1. The molecule has 1 amide bonds. The summed E-state index contributed by atoms with van der Waals surface area (Å²) in [5.74, 6) is -0.239. The Morgan fingerprint density at radius 1 is 1.73 bits per heavy atom.